The normalized spacial score (nSPS) is 13.1. The monoisotopic (exact) mass is 1500 g/mol. The Labute approximate surface area is 660 Å². The standard InChI is InChI=1S/C49H32N2.C30H27BO2.C25H17BrN2/c1-2-16-40(17-3-1)51-48-23-9-8-22-47(48)50-49(51)34-26-24-33(25-27-34)35-12-10-13-36(30-35)37-14-11-15-38(31-37)39-28-29-45-43-20-5-4-18-41(43)42-19-6-7-21-44(42)46(45)32-39;1-29(2)30(3,4)33-31(32-29)22-11-9-10-20(18-22)21-16-17-27-25-14-6-5-12-23(25)24-13-7-8-15-26(24)28(27)19-21;26-21-8-6-7-20(17-21)18-13-15-19(16-14-18)25-27-23-11-4-5-12-24(23)28(25)22-9-2-1-3-10-22/h1-32H;5-19H,1-4H3;1-17H. The molecule has 0 spiro atoms. The molecule has 3 heterocycles. The van der Waals surface area contributed by atoms with Gasteiger partial charge in [0, 0.05) is 27.0 Å². The van der Waals surface area contributed by atoms with Crippen molar-refractivity contribution in [2.24, 2.45) is 0 Å². The highest BCUT2D eigenvalue weighted by Gasteiger charge is 2.51. The van der Waals surface area contributed by atoms with E-state index in [-0.39, 0.29) is 18.3 Å². The van der Waals surface area contributed by atoms with E-state index in [1.165, 1.54) is 120 Å². The molecule has 0 saturated carbocycles. The first-order valence-electron chi connectivity index (χ1n) is 38.3. The van der Waals surface area contributed by atoms with Crippen molar-refractivity contribution in [1.82, 2.24) is 19.1 Å². The van der Waals surface area contributed by atoms with Crippen LogP contribution in [0.4, 0.5) is 0 Å². The third kappa shape index (κ3) is 13.0. The molecular formula is C104H76BBrN4O2. The summed E-state index contributed by atoms with van der Waals surface area (Å²) < 4.78 is 18.1. The quantitative estimate of drug-likeness (QED) is 0.101. The van der Waals surface area contributed by atoms with Gasteiger partial charge in [0.25, 0.3) is 0 Å². The third-order valence-electron chi connectivity index (χ3n) is 22.6. The van der Waals surface area contributed by atoms with Gasteiger partial charge < -0.3 is 9.31 Å². The van der Waals surface area contributed by atoms with E-state index >= 15 is 0 Å². The molecule has 112 heavy (non-hydrogen) atoms. The van der Waals surface area contributed by atoms with Crippen LogP contribution in [0.2, 0.25) is 0 Å². The Morgan fingerprint density at radius 1 is 0.241 bits per heavy atom. The number of benzene rings is 18. The van der Waals surface area contributed by atoms with Gasteiger partial charge in [-0.15, -0.1) is 0 Å². The lowest BCUT2D eigenvalue weighted by Crippen LogP contribution is -2.41. The zero-order valence-corrected chi connectivity index (χ0v) is 64.1. The second-order valence-electron chi connectivity index (χ2n) is 29.9. The molecule has 1 fully saturated rings. The van der Waals surface area contributed by atoms with Gasteiger partial charge in [-0.2, -0.15) is 0 Å². The van der Waals surface area contributed by atoms with Gasteiger partial charge in [0.15, 0.2) is 0 Å². The minimum atomic E-state index is -0.361. The largest absolute Gasteiger partial charge is 0.494 e. The highest BCUT2D eigenvalue weighted by molar-refractivity contribution is 9.10. The Hall–Kier alpha value is -13.1. The number of imidazole rings is 2. The van der Waals surface area contributed by atoms with Gasteiger partial charge in [-0.1, -0.05) is 319 Å². The summed E-state index contributed by atoms with van der Waals surface area (Å²) in [4.78, 5) is 9.99. The van der Waals surface area contributed by atoms with Crippen LogP contribution in [0.5, 0.6) is 0 Å². The van der Waals surface area contributed by atoms with E-state index in [1.54, 1.807) is 0 Å². The van der Waals surface area contributed by atoms with E-state index in [2.05, 4.69) is 411 Å². The SMILES string of the molecule is Brc1cccc(-c2ccc(-c3nc4ccccc4n3-c3ccccc3)cc2)c1.CC1(C)OB(c2cccc(-c3ccc4c5ccccc5c5ccccc5c4c3)c2)OC1(C)C.c1ccc(-n2c(-c3ccc(-c4cccc(-c5cccc(-c6ccc7c8ccccc8c8ccccc8c7c6)c5)c4)cc3)nc3ccccc32)cc1. The summed E-state index contributed by atoms with van der Waals surface area (Å²) in [5.41, 5.74) is 20.9. The number of hydrogen-bond donors (Lipinski definition) is 0. The van der Waals surface area contributed by atoms with E-state index in [4.69, 9.17) is 19.3 Å². The molecule has 1 aliphatic heterocycles. The topological polar surface area (TPSA) is 54.1 Å². The number of nitrogens with zero attached hydrogens (tertiary/aromatic N) is 4. The zero-order valence-electron chi connectivity index (χ0n) is 62.5. The maximum absolute atomic E-state index is 6.29. The lowest BCUT2D eigenvalue weighted by atomic mass is 9.78. The van der Waals surface area contributed by atoms with Gasteiger partial charge in [-0.25, -0.2) is 9.97 Å². The maximum Gasteiger partial charge on any atom is 0.494 e. The predicted octanol–water partition coefficient (Wildman–Crippen LogP) is 27.4. The average Bonchev–Trinajstić information content (AvgIpc) is 1.19. The zero-order chi connectivity index (χ0) is 75.4. The van der Waals surface area contributed by atoms with Gasteiger partial charge in [-0.05, 0) is 238 Å². The Morgan fingerprint density at radius 3 is 0.920 bits per heavy atom. The average molecular weight is 1500 g/mol. The molecule has 21 rings (SSSR count). The minimum Gasteiger partial charge on any atom is -0.399 e. The molecule has 20 aromatic rings. The Kier molecular flexibility index (Phi) is 18.0. The van der Waals surface area contributed by atoms with Gasteiger partial charge >= 0.3 is 7.12 Å². The molecule has 2 aromatic heterocycles. The summed E-state index contributed by atoms with van der Waals surface area (Å²) in [6.07, 6.45) is 0. The van der Waals surface area contributed by atoms with E-state index in [0.29, 0.717) is 0 Å². The van der Waals surface area contributed by atoms with Crippen molar-refractivity contribution in [3.05, 3.63) is 393 Å². The molecule has 0 bridgehead atoms. The molecule has 0 radical (unpaired) electrons. The van der Waals surface area contributed by atoms with Crippen LogP contribution in [-0.2, 0) is 9.31 Å². The molecule has 534 valence electrons. The third-order valence-corrected chi connectivity index (χ3v) is 23.0. The fourth-order valence-corrected chi connectivity index (χ4v) is 16.6. The molecule has 1 saturated heterocycles. The molecule has 18 aromatic carbocycles. The molecule has 0 N–H and O–H groups in total. The van der Waals surface area contributed by atoms with Gasteiger partial charge in [0.2, 0.25) is 0 Å². The molecular weight excluding hydrogens is 1430 g/mol. The smallest absolute Gasteiger partial charge is 0.399 e. The van der Waals surface area contributed by atoms with Crippen molar-refractivity contribution in [2.45, 2.75) is 38.9 Å². The second-order valence-corrected chi connectivity index (χ2v) is 30.8. The fraction of sp³-hybridized carbons (Fsp3) is 0.0577. The first kappa shape index (κ1) is 69.4. The number of para-hydroxylation sites is 6. The van der Waals surface area contributed by atoms with Crippen LogP contribution in [0.25, 0.3) is 176 Å². The molecule has 0 unspecified atom stereocenters. The van der Waals surface area contributed by atoms with Crippen LogP contribution in [0.3, 0.4) is 0 Å². The summed E-state index contributed by atoms with van der Waals surface area (Å²) in [5, 5.41) is 15.5. The summed E-state index contributed by atoms with van der Waals surface area (Å²) in [6.45, 7) is 8.37. The first-order valence-corrected chi connectivity index (χ1v) is 39.1. The number of fused-ring (bicyclic) bond motifs is 14. The molecule has 0 amide bonds. The highest BCUT2D eigenvalue weighted by Crippen LogP contribution is 2.43. The van der Waals surface area contributed by atoms with Crippen LogP contribution in [-0.4, -0.2) is 37.4 Å². The highest BCUT2D eigenvalue weighted by atomic mass is 79.9. The summed E-state index contributed by atoms with van der Waals surface area (Å²) in [7, 11) is -0.361. The van der Waals surface area contributed by atoms with E-state index in [9.17, 15) is 0 Å². The molecule has 1 aliphatic rings. The predicted molar refractivity (Wildman–Crippen MR) is 475 cm³/mol. The van der Waals surface area contributed by atoms with Crippen LogP contribution in [0.1, 0.15) is 27.7 Å². The van der Waals surface area contributed by atoms with Crippen molar-refractivity contribution in [2.75, 3.05) is 0 Å². The number of hydrogen-bond acceptors (Lipinski definition) is 4. The van der Waals surface area contributed by atoms with Crippen molar-refractivity contribution in [1.29, 1.82) is 0 Å². The number of halogens is 1. The van der Waals surface area contributed by atoms with Crippen molar-refractivity contribution < 1.29 is 9.31 Å². The van der Waals surface area contributed by atoms with E-state index in [1.807, 2.05) is 30.3 Å². The van der Waals surface area contributed by atoms with Crippen molar-refractivity contribution in [3.63, 3.8) is 0 Å². The Bertz CT molecular complexity index is 6880. The first-order chi connectivity index (χ1) is 54.9. The summed E-state index contributed by atoms with van der Waals surface area (Å²) >= 11 is 3.55. The van der Waals surface area contributed by atoms with Crippen LogP contribution in [0, 0.1) is 0 Å². The van der Waals surface area contributed by atoms with Crippen LogP contribution < -0.4 is 5.46 Å². The van der Waals surface area contributed by atoms with Gasteiger partial charge in [0.05, 0.1) is 33.3 Å². The van der Waals surface area contributed by atoms with E-state index in [0.717, 1.165) is 66.2 Å². The number of rotatable bonds is 10. The molecule has 0 aliphatic carbocycles. The Balaban J connectivity index is 0.000000120. The maximum atomic E-state index is 6.29. The lowest BCUT2D eigenvalue weighted by molar-refractivity contribution is 0.00578. The summed E-state index contributed by atoms with van der Waals surface area (Å²) in [5.74, 6) is 1.89. The minimum absolute atomic E-state index is 0.351. The molecule has 6 nitrogen and oxygen atoms in total. The molecule has 0 atom stereocenters. The lowest BCUT2D eigenvalue weighted by Gasteiger charge is -2.32. The van der Waals surface area contributed by atoms with Crippen molar-refractivity contribution >= 4 is 115 Å². The van der Waals surface area contributed by atoms with Crippen LogP contribution >= 0.6 is 15.9 Å². The Morgan fingerprint density at radius 2 is 0.527 bits per heavy atom. The number of aromatic nitrogens is 4. The molecule has 8 heteroatoms. The summed E-state index contributed by atoms with van der Waals surface area (Å²) in [6, 6.07) is 138. The van der Waals surface area contributed by atoms with Gasteiger partial charge in [0.1, 0.15) is 11.6 Å². The van der Waals surface area contributed by atoms with Gasteiger partial charge in [-0.3, -0.25) is 9.13 Å². The fourth-order valence-electron chi connectivity index (χ4n) is 16.2. The van der Waals surface area contributed by atoms with Crippen molar-refractivity contribution in [3.8, 4) is 89.8 Å². The second kappa shape index (κ2) is 29.1. The van der Waals surface area contributed by atoms with E-state index < -0.39 is 0 Å². The van der Waals surface area contributed by atoms with Crippen LogP contribution in [0.15, 0.2) is 393 Å².